The fraction of sp³-hybridized carbons (Fsp3) is 0.227. The monoisotopic (exact) mass is 384 g/mol. The molecule has 0 aliphatic carbocycles. The van der Waals surface area contributed by atoms with Crippen molar-refractivity contribution < 1.29 is 4.79 Å². The molecule has 0 spiro atoms. The number of carbonyl (C=O) groups excluding carboxylic acids is 1. The van der Waals surface area contributed by atoms with Crippen molar-refractivity contribution in [3.8, 4) is 17.6 Å². The molecule has 1 saturated heterocycles. The summed E-state index contributed by atoms with van der Waals surface area (Å²) >= 11 is 0. The molecule has 0 bridgehead atoms. The Balaban J connectivity index is 1.43. The molecule has 0 saturated carbocycles. The molecule has 1 aliphatic rings. The molecule has 1 aliphatic heterocycles. The number of rotatable bonds is 4. The topological polar surface area (TPSA) is 86.0 Å². The Bertz CT molecular complexity index is 1030. The summed E-state index contributed by atoms with van der Waals surface area (Å²) in [5.74, 6) is 0.628. The van der Waals surface area contributed by atoms with Gasteiger partial charge in [-0.2, -0.15) is 5.26 Å². The molecule has 7 nitrogen and oxygen atoms in total. The number of hydrogen-bond donors (Lipinski definition) is 0. The molecule has 2 aromatic heterocycles. The maximum absolute atomic E-state index is 12.7. The maximum Gasteiger partial charge on any atom is 0.241 e. The van der Waals surface area contributed by atoms with E-state index in [1.54, 1.807) is 35.6 Å². The first-order valence-electron chi connectivity index (χ1n) is 9.41. The van der Waals surface area contributed by atoms with Crippen molar-refractivity contribution in [1.29, 1.82) is 5.26 Å². The van der Waals surface area contributed by atoms with E-state index in [9.17, 15) is 4.79 Å². The third kappa shape index (κ3) is 4.13. The van der Waals surface area contributed by atoms with Crippen LogP contribution in [0, 0.1) is 11.3 Å². The van der Waals surface area contributed by atoms with Crippen LogP contribution in [0.4, 0.5) is 5.69 Å². The van der Waals surface area contributed by atoms with Gasteiger partial charge in [-0.05, 0) is 43.3 Å². The third-order valence-corrected chi connectivity index (χ3v) is 5.00. The van der Waals surface area contributed by atoms with Gasteiger partial charge in [0, 0.05) is 49.0 Å². The number of hydrogen-bond acceptors (Lipinski definition) is 6. The number of anilines is 1. The zero-order chi connectivity index (χ0) is 20.2. The largest absolute Gasteiger partial charge is 0.310 e. The maximum atomic E-state index is 12.7. The Labute approximate surface area is 169 Å². The van der Waals surface area contributed by atoms with Crippen LogP contribution in [0.1, 0.15) is 18.1 Å². The fourth-order valence-corrected chi connectivity index (χ4v) is 3.37. The van der Waals surface area contributed by atoms with Gasteiger partial charge in [0.05, 0.1) is 18.2 Å². The lowest BCUT2D eigenvalue weighted by Gasteiger charge is -2.39. The van der Waals surface area contributed by atoms with Crippen LogP contribution in [0.25, 0.3) is 11.5 Å². The summed E-state index contributed by atoms with van der Waals surface area (Å²) in [4.78, 5) is 29.7. The number of carbonyl (C=O) groups is 1. The molecule has 3 heterocycles. The number of nitrogens with zero attached hydrogens (tertiary/aromatic N) is 6. The number of piperazine rings is 1. The molecule has 1 aromatic carbocycles. The SMILES string of the molecule is C[C@H]1CN(c2ccc(C#N)cc2)C(=O)CN1Cc1cnc(-c2ccccn2)nc1. The molecule has 3 aromatic rings. The van der Waals surface area contributed by atoms with E-state index < -0.39 is 0 Å². The van der Waals surface area contributed by atoms with Gasteiger partial charge in [-0.25, -0.2) is 9.97 Å². The van der Waals surface area contributed by atoms with Gasteiger partial charge >= 0.3 is 0 Å². The molecule has 0 N–H and O–H groups in total. The molecule has 1 fully saturated rings. The number of nitriles is 1. The summed E-state index contributed by atoms with van der Waals surface area (Å²) < 4.78 is 0. The van der Waals surface area contributed by atoms with Crippen LogP contribution in [0.2, 0.25) is 0 Å². The van der Waals surface area contributed by atoms with E-state index in [4.69, 9.17) is 5.26 Å². The van der Waals surface area contributed by atoms with Gasteiger partial charge in [0.25, 0.3) is 0 Å². The standard InChI is InChI=1S/C22H20N6O/c1-16-13-28(19-7-5-17(10-23)6-8-19)21(29)15-27(16)14-18-11-25-22(26-12-18)20-4-2-3-9-24-20/h2-9,11-12,16H,13-15H2,1H3/t16-/m0/s1. The highest BCUT2D eigenvalue weighted by Gasteiger charge is 2.30. The van der Waals surface area contributed by atoms with Gasteiger partial charge in [-0.3, -0.25) is 14.7 Å². The van der Waals surface area contributed by atoms with Crippen molar-refractivity contribution in [3.05, 3.63) is 72.2 Å². The predicted octanol–water partition coefficient (Wildman–Crippen LogP) is 2.65. The van der Waals surface area contributed by atoms with Crippen molar-refractivity contribution in [1.82, 2.24) is 19.9 Å². The minimum atomic E-state index is 0.0406. The second kappa shape index (κ2) is 8.17. The summed E-state index contributed by atoms with van der Waals surface area (Å²) in [5, 5.41) is 8.94. The van der Waals surface area contributed by atoms with E-state index in [1.807, 2.05) is 30.3 Å². The van der Waals surface area contributed by atoms with E-state index >= 15 is 0 Å². The van der Waals surface area contributed by atoms with Crippen molar-refractivity contribution >= 4 is 11.6 Å². The third-order valence-electron chi connectivity index (χ3n) is 5.00. The van der Waals surface area contributed by atoms with E-state index in [1.165, 1.54) is 0 Å². The lowest BCUT2D eigenvalue weighted by atomic mass is 10.1. The van der Waals surface area contributed by atoms with E-state index in [0.29, 0.717) is 31.0 Å². The van der Waals surface area contributed by atoms with Crippen molar-refractivity contribution in [2.24, 2.45) is 0 Å². The van der Waals surface area contributed by atoms with Crippen molar-refractivity contribution in [3.63, 3.8) is 0 Å². The Kier molecular flexibility index (Phi) is 5.27. The normalized spacial score (nSPS) is 17.2. The molecule has 29 heavy (non-hydrogen) atoms. The Morgan fingerprint density at radius 2 is 1.86 bits per heavy atom. The quantitative estimate of drug-likeness (QED) is 0.687. The average Bonchev–Trinajstić information content (AvgIpc) is 2.77. The Morgan fingerprint density at radius 3 is 2.52 bits per heavy atom. The lowest BCUT2D eigenvalue weighted by molar-refractivity contribution is -0.122. The summed E-state index contributed by atoms with van der Waals surface area (Å²) in [6, 6.07) is 15.0. The molecular formula is C22H20N6O. The summed E-state index contributed by atoms with van der Waals surface area (Å²) in [6.07, 6.45) is 5.30. The van der Waals surface area contributed by atoms with E-state index in [-0.39, 0.29) is 11.9 Å². The molecule has 1 atom stereocenters. The summed E-state index contributed by atoms with van der Waals surface area (Å²) in [6.45, 7) is 3.63. The number of benzene rings is 1. The molecule has 1 amide bonds. The molecule has 0 unspecified atom stereocenters. The molecule has 7 heteroatoms. The van der Waals surface area contributed by atoms with Crippen LogP contribution < -0.4 is 4.90 Å². The van der Waals surface area contributed by atoms with Crippen molar-refractivity contribution in [2.75, 3.05) is 18.0 Å². The van der Waals surface area contributed by atoms with E-state index in [0.717, 1.165) is 16.9 Å². The first-order valence-corrected chi connectivity index (χ1v) is 9.41. The smallest absolute Gasteiger partial charge is 0.241 e. The Morgan fingerprint density at radius 1 is 1.10 bits per heavy atom. The highest BCUT2D eigenvalue weighted by atomic mass is 16.2. The summed E-state index contributed by atoms with van der Waals surface area (Å²) in [5.41, 5.74) is 3.10. The summed E-state index contributed by atoms with van der Waals surface area (Å²) in [7, 11) is 0. The molecule has 144 valence electrons. The molecule has 0 radical (unpaired) electrons. The predicted molar refractivity (Wildman–Crippen MR) is 109 cm³/mol. The van der Waals surface area contributed by atoms with Gasteiger partial charge in [-0.15, -0.1) is 0 Å². The lowest BCUT2D eigenvalue weighted by Crippen LogP contribution is -2.54. The van der Waals surface area contributed by atoms with E-state index in [2.05, 4.69) is 32.8 Å². The Hall–Kier alpha value is -3.63. The first-order chi connectivity index (χ1) is 14.1. The van der Waals surface area contributed by atoms with Crippen LogP contribution >= 0.6 is 0 Å². The van der Waals surface area contributed by atoms with Crippen LogP contribution in [-0.2, 0) is 11.3 Å². The van der Waals surface area contributed by atoms with Gasteiger partial charge < -0.3 is 4.90 Å². The minimum absolute atomic E-state index is 0.0406. The molecular weight excluding hydrogens is 364 g/mol. The van der Waals surface area contributed by atoms with Crippen LogP contribution in [-0.4, -0.2) is 44.9 Å². The van der Waals surface area contributed by atoms with Gasteiger partial charge in [0.15, 0.2) is 5.82 Å². The number of aromatic nitrogens is 3. The van der Waals surface area contributed by atoms with Crippen molar-refractivity contribution in [2.45, 2.75) is 19.5 Å². The zero-order valence-electron chi connectivity index (χ0n) is 16.1. The second-order valence-electron chi connectivity index (χ2n) is 7.05. The first kappa shape index (κ1) is 18.7. The zero-order valence-corrected chi connectivity index (χ0v) is 16.1. The van der Waals surface area contributed by atoms with Crippen LogP contribution in [0.15, 0.2) is 61.1 Å². The van der Waals surface area contributed by atoms with Gasteiger partial charge in [0.2, 0.25) is 5.91 Å². The average molecular weight is 384 g/mol. The highest BCUT2D eigenvalue weighted by molar-refractivity contribution is 5.95. The second-order valence-corrected chi connectivity index (χ2v) is 7.05. The molecule has 4 rings (SSSR count). The number of pyridine rings is 1. The highest BCUT2D eigenvalue weighted by Crippen LogP contribution is 2.22. The van der Waals surface area contributed by atoms with Crippen LogP contribution in [0.5, 0.6) is 0 Å². The van der Waals surface area contributed by atoms with Gasteiger partial charge in [-0.1, -0.05) is 6.07 Å². The van der Waals surface area contributed by atoms with Crippen LogP contribution in [0.3, 0.4) is 0 Å². The minimum Gasteiger partial charge on any atom is -0.310 e. The van der Waals surface area contributed by atoms with Gasteiger partial charge in [0.1, 0.15) is 5.69 Å². The number of amides is 1. The fourth-order valence-electron chi connectivity index (χ4n) is 3.37.